The Kier molecular flexibility index (Phi) is 6.22. The van der Waals surface area contributed by atoms with E-state index in [1.807, 2.05) is 13.8 Å². The average molecular weight is 240 g/mol. The molecule has 0 aliphatic rings. The van der Waals surface area contributed by atoms with E-state index < -0.39 is 0 Å². The minimum atomic E-state index is 0.260. The van der Waals surface area contributed by atoms with E-state index in [1.165, 1.54) is 12.0 Å². The van der Waals surface area contributed by atoms with Crippen LogP contribution >= 0.6 is 0 Å². The van der Waals surface area contributed by atoms with Crippen LogP contribution in [-0.4, -0.2) is 24.9 Å². The van der Waals surface area contributed by atoms with Crippen molar-refractivity contribution in [2.45, 2.75) is 46.6 Å². The highest BCUT2D eigenvalue weighted by Gasteiger charge is 2.15. The van der Waals surface area contributed by atoms with Gasteiger partial charge in [-0.15, -0.1) is 0 Å². The van der Waals surface area contributed by atoms with Gasteiger partial charge < -0.3 is 14.6 Å². The van der Waals surface area contributed by atoms with Gasteiger partial charge in [-0.3, -0.25) is 0 Å². The van der Waals surface area contributed by atoms with Crippen LogP contribution in [0.15, 0.2) is 4.52 Å². The summed E-state index contributed by atoms with van der Waals surface area (Å²) in [5.41, 5.74) is 2.13. The minimum absolute atomic E-state index is 0.260. The lowest BCUT2D eigenvalue weighted by Crippen LogP contribution is -2.24. The van der Waals surface area contributed by atoms with E-state index in [0.717, 1.165) is 37.6 Å². The highest BCUT2D eigenvalue weighted by atomic mass is 16.5. The van der Waals surface area contributed by atoms with E-state index in [0.29, 0.717) is 0 Å². The molecule has 0 aliphatic heterocycles. The van der Waals surface area contributed by atoms with Gasteiger partial charge >= 0.3 is 0 Å². The number of nitrogens with one attached hydrogen (secondary N) is 1. The summed E-state index contributed by atoms with van der Waals surface area (Å²) in [6.45, 7) is 10.7. The first-order chi connectivity index (χ1) is 8.16. The lowest BCUT2D eigenvalue weighted by Gasteiger charge is -2.13. The van der Waals surface area contributed by atoms with E-state index in [2.05, 4.69) is 24.3 Å². The number of unbranched alkanes of at least 4 members (excludes halogenated alkanes) is 1. The fourth-order valence-corrected chi connectivity index (χ4v) is 1.91. The van der Waals surface area contributed by atoms with Gasteiger partial charge in [0.25, 0.3) is 0 Å². The number of aromatic nitrogens is 1. The monoisotopic (exact) mass is 240 g/mol. The highest BCUT2D eigenvalue weighted by Crippen LogP contribution is 2.20. The number of aryl methyl sites for hydroxylation is 2. The zero-order valence-electron chi connectivity index (χ0n) is 11.4. The third-order valence-electron chi connectivity index (χ3n) is 2.86. The van der Waals surface area contributed by atoms with Gasteiger partial charge in [-0.2, -0.15) is 0 Å². The molecule has 0 bridgehead atoms. The van der Waals surface area contributed by atoms with Gasteiger partial charge in [-0.25, -0.2) is 0 Å². The van der Waals surface area contributed by atoms with Crippen molar-refractivity contribution in [1.29, 1.82) is 0 Å². The molecule has 4 nitrogen and oxygen atoms in total. The SMILES string of the molecule is CCCCOCCNC(C)c1c(C)noc1C. The van der Waals surface area contributed by atoms with Crippen molar-refractivity contribution < 1.29 is 9.26 Å². The quantitative estimate of drug-likeness (QED) is 0.710. The molecule has 4 heteroatoms. The molecule has 1 heterocycles. The van der Waals surface area contributed by atoms with Crippen LogP contribution in [0.1, 0.15) is 49.7 Å². The predicted molar refractivity (Wildman–Crippen MR) is 68.1 cm³/mol. The second-order valence-electron chi connectivity index (χ2n) is 4.38. The molecule has 1 aromatic rings. The molecule has 98 valence electrons. The highest BCUT2D eigenvalue weighted by molar-refractivity contribution is 5.24. The molecule has 0 spiro atoms. The molecular formula is C13H24N2O2. The van der Waals surface area contributed by atoms with Crippen LogP contribution in [-0.2, 0) is 4.74 Å². The van der Waals surface area contributed by atoms with Crippen molar-refractivity contribution in [3.8, 4) is 0 Å². The minimum Gasteiger partial charge on any atom is -0.380 e. The molecule has 1 rings (SSSR count). The van der Waals surface area contributed by atoms with Crippen molar-refractivity contribution in [2.24, 2.45) is 0 Å². The van der Waals surface area contributed by atoms with E-state index in [9.17, 15) is 0 Å². The third-order valence-corrected chi connectivity index (χ3v) is 2.86. The Morgan fingerprint density at radius 3 is 2.71 bits per heavy atom. The molecular weight excluding hydrogens is 216 g/mol. The standard InChI is InChI=1S/C13H24N2O2/c1-5-6-8-16-9-7-14-10(2)13-11(3)15-17-12(13)4/h10,14H,5-9H2,1-4H3. The van der Waals surface area contributed by atoms with Gasteiger partial charge in [0, 0.05) is 24.8 Å². The number of nitrogens with zero attached hydrogens (tertiary/aromatic N) is 1. The third kappa shape index (κ3) is 4.48. The van der Waals surface area contributed by atoms with Crippen molar-refractivity contribution in [3.63, 3.8) is 0 Å². The zero-order valence-corrected chi connectivity index (χ0v) is 11.4. The Morgan fingerprint density at radius 2 is 2.12 bits per heavy atom. The largest absolute Gasteiger partial charge is 0.380 e. The molecule has 1 N–H and O–H groups in total. The van der Waals surface area contributed by atoms with Gasteiger partial charge in [0.15, 0.2) is 0 Å². The Balaban J connectivity index is 2.23. The number of hydrogen-bond acceptors (Lipinski definition) is 4. The van der Waals surface area contributed by atoms with Crippen LogP contribution in [0.2, 0.25) is 0 Å². The van der Waals surface area contributed by atoms with Crippen LogP contribution in [0.25, 0.3) is 0 Å². The molecule has 0 fully saturated rings. The number of ether oxygens (including phenoxy) is 1. The second-order valence-corrected chi connectivity index (χ2v) is 4.38. The molecule has 0 aromatic carbocycles. The molecule has 1 aromatic heterocycles. The van der Waals surface area contributed by atoms with Crippen molar-refractivity contribution in [2.75, 3.05) is 19.8 Å². The van der Waals surface area contributed by atoms with Crippen LogP contribution in [0.4, 0.5) is 0 Å². The van der Waals surface area contributed by atoms with Gasteiger partial charge in [0.1, 0.15) is 5.76 Å². The fourth-order valence-electron chi connectivity index (χ4n) is 1.91. The molecule has 17 heavy (non-hydrogen) atoms. The molecule has 0 radical (unpaired) electrons. The maximum Gasteiger partial charge on any atom is 0.138 e. The predicted octanol–water partition coefficient (Wildman–Crippen LogP) is 2.76. The first-order valence-corrected chi connectivity index (χ1v) is 6.40. The van der Waals surface area contributed by atoms with E-state index >= 15 is 0 Å². The number of rotatable bonds is 8. The zero-order chi connectivity index (χ0) is 12.7. The summed E-state index contributed by atoms with van der Waals surface area (Å²) in [5, 5.41) is 7.38. The first-order valence-electron chi connectivity index (χ1n) is 6.40. The Labute approximate surface area is 104 Å². The topological polar surface area (TPSA) is 47.3 Å². The van der Waals surface area contributed by atoms with E-state index in [4.69, 9.17) is 9.26 Å². The van der Waals surface area contributed by atoms with E-state index in [-0.39, 0.29) is 6.04 Å². The average Bonchev–Trinajstić information content (AvgIpc) is 2.63. The van der Waals surface area contributed by atoms with Crippen molar-refractivity contribution in [1.82, 2.24) is 10.5 Å². The lowest BCUT2D eigenvalue weighted by molar-refractivity contribution is 0.131. The summed E-state index contributed by atoms with van der Waals surface area (Å²) in [4.78, 5) is 0. The molecule has 1 atom stereocenters. The summed E-state index contributed by atoms with van der Waals surface area (Å²) < 4.78 is 10.7. The van der Waals surface area contributed by atoms with Gasteiger partial charge in [-0.1, -0.05) is 18.5 Å². The van der Waals surface area contributed by atoms with E-state index in [1.54, 1.807) is 0 Å². The van der Waals surface area contributed by atoms with Crippen LogP contribution in [0.5, 0.6) is 0 Å². The Hall–Kier alpha value is -0.870. The molecule has 0 aliphatic carbocycles. The van der Waals surface area contributed by atoms with Gasteiger partial charge in [-0.05, 0) is 27.2 Å². The first kappa shape index (κ1) is 14.2. The maximum absolute atomic E-state index is 5.50. The number of hydrogen-bond donors (Lipinski definition) is 1. The molecule has 1 unspecified atom stereocenters. The molecule has 0 saturated carbocycles. The summed E-state index contributed by atoms with van der Waals surface area (Å²) in [6, 6.07) is 0.260. The Bertz CT molecular complexity index is 304. The van der Waals surface area contributed by atoms with Gasteiger partial charge in [0.05, 0.1) is 12.3 Å². The maximum atomic E-state index is 5.50. The fraction of sp³-hybridized carbons (Fsp3) is 0.769. The normalized spacial score (nSPS) is 12.9. The summed E-state index contributed by atoms with van der Waals surface area (Å²) in [5.74, 6) is 0.898. The summed E-state index contributed by atoms with van der Waals surface area (Å²) >= 11 is 0. The van der Waals surface area contributed by atoms with Crippen LogP contribution < -0.4 is 5.32 Å². The Morgan fingerprint density at radius 1 is 1.35 bits per heavy atom. The lowest BCUT2D eigenvalue weighted by atomic mass is 10.1. The van der Waals surface area contributed by atoms with Crippen molar-refractivity contribution in [3.05, 3.63) is 17.0 Å². The smallest absolute Gasteiger partial charge is 0.138 e. The second kappa shape index (κ2) is 7.45. The molecule has 0 amide bonds. The summed E-state index contributed by atoms with van der Waals surface area (Å²) in [7, 11) is 0. The van der Waals surface area contributed by atoms with Crippen LogP contribution in [0, 0.1) is 13.8 Å². The van der Waals surface area contributed by atoms with Crippen LogP contribution in [0.3, 0.4) is 0 Å². The molecule has 0 saturated heterocycles. The summed E-state index contributed by atoms with van der Waals surface area (Å²) in [6.07, 6.45) is 2.32. The van der Waals surface area contributed by atoms with Crippen molar-refractivity contribution >= 4 is 0 Å². The van der Waals surface area contributed by atoms with Gasteiger partial charge in [0.2, 0.25) is 0 Å².